The smallest absolute Gasteiger partial charge is 0.271 e. The number of nitrogens with zero attached hydrogens (tertiary/aromatic N) is 3. The standard InChI is InChI=1S/C18H20N4O4S/c1-14(17-7-2-3-8-19-17)20-21-18(23)15-5-4-6-16(13-15)27(24,25)22-9-11-26-12-10-22/h2-8,13H,9-12H2,1H3,(H,21,23)/b20-14+. The Labute approximate surface area is 157 Å². The summed E-state index contributed by atoms with van der Waals surface area (Å²) in [4.78, 5) is 16.6. The van der Waals surface area contributed by atoms with Gasteiger partial charge in [0.05, 0.1) is 29.5 Å². The Balaban J connectivity index is 1.76. The van der Waals surface area contributed by atoms with Gasteiger partial charge in [-0.2, -0.15) is 9.41 Å². The molecule has 0 bridgehead atoms. The summed E-state index contributed by atoms with van der Waals surface area (Å²) in [6.07, 6.45) is 1.64. The zero-order valence-electron chi connectivity index (χ0n) is 14.8. The van der Waals surface area contributed by atoms with Crippen LogP contribution in [0.1, 0.15) is 23.0 Å². The van der Waals surface area contributed by atoms with Crippen LogP contribution < -0.4 is 5.43 Å². The third kappa shape index (κ3) is 4.57. The topological polar surface area (TPSA) is 101 Å². The number of aromatic nitrogens is 1. The Kier molecular flexibility index (Phi) is 5.94. The van der Waals surface area contributed by atoms with Crippen LogP contribution in [0.5, 0.6) is 0 Å². The van der Waals surface area contributed by atoms with E-state index in [0.717, 1.165) is 0 Å². The lowest BCUT2D eigenvalue weighted by molar-refractivity contribution is 0.0730. The highest BCUT2D eigenvalue weighted by Gasteiger charge is 2.26. The molecular weight excluding hydrogens is 368 g/mol. The van der Waals surface area contributed by atoms with Crippen molar-refractivity contribution >= 4 is 21.6 Å². The fourth-order valence-electron chi connectivity index (χ4n) is 2.57. The average Bonchev–Trinajstić information content (AvgIpc) is 2.73. The second-order valence-electron chi connectivity index (χ2n) is 5.90. The molecule has 0 radical (unpaired) electrons. The minimum Gasteiger partial charge on any atom is -0.379 e. The number of pyridine rings is 1. The van der Waals surface area contributed by atoms with E-state index in [1.807, 2.05) is 6.07 Å². The van der Waals surface area contributed by atoms with Gasteiger partial charge in [-0.05, 0) is 37.3 Å². The van der Waals surface area contributed by atoms with E-state index in [-0.39, 0.29) is 10.5 Å². The second-order valence-corrected chi connectivity index (χ2v) is 7.84. The number of carbonyl (C=O) groups excluding carboxylic acids is 1. The van der Waals surface area contributed by atoms with Gasteiger partial charge in [0, 0.05) is 24.8 Å². The van der Waals surface area contributed by atoms with Crippen LogP contribution >= 0.6 is 0 Å². The number of amides is 1. The molecule has 1 aromatic carbocycles. The molecule has 1 aliphatic rings. The van der Waals surface area contributed by atoms with Crippen molar-refractivity contribution in [2.24, 2.45) is 5.10 Å². The number of morpholine rings is 1. The Hall–Kier alpha value is -2.62. The molecule has 1 aliphatic heterocycles. The minimum atomic E-state index is -3.66. The second kappa shape index (κ2) is 8.38. The van der Waals surface area contributed by atoms with Crippen LogP contribution in [0, 0.1) is 0 Å². The van der Waals surface area contributed by atoms with Crippen LogP contribution in [0.15, 0.2) is 58.7 Å². The maximum Gasteiger partial charge on any atom is 0.271 e. The average molecular weight is 388 g/mol. The number of hydrogen-bond acceptors (Lipinski definition) is 6. The molecular formula is C18H20N4O4S. The first-order chi connectivity index (χ1) is 13.0. The van der Waals surface area contributed by atoms with Crippen LogP contribution in [0.25, 0.3) is 0 Å². The number of sulfonamides is 1. The van der Waals surface area contributed by atoms with E-state index in [9.17, 15) is 13.2 Å². The summed E-state index contributed by atoms with van der Waals surface area (Å²) in [6, 6.07) is 11.3. The first-order valence-corrected chi connectivity index (χ1v) is 9.86. The molecule has 1 amide bonds. The minimum absolute atomic E-state index is 0.0717. The van der Waals surface area contributed by atoms with Crippen molar-refractivity contribution in [3.05, 3.63) is 59.9 Å². The Morgan fingerprint density at radius 1 is 1.19 bits per heavy atom. The molecule has 1 aromatic heterocycles. The van der Waals surface area contributed by atoms with E-state index in [0.29, 0.717) is 37.7 Å². The molecule has 0 unspecified atom stereocenters. The van der Waals surface area contributed by atoms with E-state index >= 15 is 0 Å². The summed E-state index contributed by atoms with van der Waals surface area (Å²) in [6.45, 7) is 3.04. The Morgan fingerprint density at radius 2 is 1.96 bits per heavy atom. The van der Waals surface area contributed by atoms with Crippen molar-refractivity contribution in [1.29, 1.82) is 0 Å². The number of ether oxygens (including phenoxy) is 1. The van der Waals surface area contributed by atoms with E-state index in [2.05, 4.69) is 15.5 Å². The van der Waals surface area contributed by atoms with Crippen molar-refractivity contribution in [2.45, 2.75) is 11.8 Å². The number of carbonyl (C=O) groups is 1. The SMILES string of the molecule is C/C(=N\NC(=O)c1cccc(S(=O)(=O)N2CCOCC2)c1)c1ccccn1. The number of nitrogens with one attached hydrogen (secondary N) is 1. The lowest BCUT2D eigenvalue weighted by Gasteiger charge is -2.26. The number of hydrogen-bond donors (Lipinski definition) is 1. The molecule has 2 heterocycles. The van der Waals surface area contributed by atoms with Crippen LogP contribution in [-0.2, 0) is 14.8 Å². The van der Waals surface area contributed by atoms with Gasteiger partial charge < -0.3 is 4.74 Å². The normalized spacial score (nSPS) is 16.1. The van der Waals surface area contributed by atoms with Gasteiger partial charge in [0.15, 0.2) is 0 Å². The monoisotopic (exact) mass is 388 g/mol. The van der Waals surface area contributed by atoms with Crippen LogP contribution in [0.4, 0.5) is 0 Å². The molecule has 2 aromatic rings. The predicted octanol–water partition coefficient (Wildman–Crippen LogP) is 1.26. The number of hydrazone groups is 1. The lowest BCUT2D eigenvalue weighted by atomic mass is 10.2. The molecule has 1 N–H and O–H groups in total. The zero-order chi connectivity index (χ0) is 19.3. The van der Waals surface area contributed by atoms with Crippen molar-refractivity contribution in [1.82, 2.24) is 14.7 Å². The largest absolute Gasteiger partial charge is 0.379 e. The van der Waals surface area contributed by atoms with E-state index in [4.69, 9.17) is 4.74 Å². The zero-order valence-corrected chi connectivity index (χ0v) is 15.6. The molecule has 9 heteroatoms. The first-order valence-electron chi connectivity index (χ1n) is 8.42. The predicted molar refractivity (Wildman–Crippen MR) is 99.9 cm³/mol. The van der Waals surface area contributed by atoms with Crippen molar-refractivity contribution in [2.75, 3.05) is 26.3 Å². The molecule has 1 fully saturated rings. The third-order valence-electron chi connectivity index (χ3n) is 4.06. The van der Waals surface area contributed by atoms with Gasteiger partial charge in [-0.25, -0.2) is 13.8 Å². The third-order valence-corrected chi connectivity index (χ3v) is 5.96. The highest BCUT2D eigenvalue weighted by Crippen LogP contribution is 2.18. The maximum atomic E-state index is 12.7. The van der Waals surface area contributed by atoms with Crippen molar-refractivity contribution < 1.29 is 17.9 Å². The molecule has 0 spiro atoms. The molecule has 0 atom stereocenters. The fourth-order valence-corrected chi connectivity index (χ4v) is 4.02. The van der Waals surface area contributed by atoms with Crippen LogP contribution in [-0.4, -0.2) is 55.6 Å². The van der Waals surface area contributed by atoms with Crippen molar-refractivity contribution in [3.63, 3.8) is 0 Å². The van der Waals surface area contributed by atoms with Gasteiger partial charge in [0.2, 0.25) is 10.0 Å². The van der Waals surface area contributed by atoms with E-state index in [1.54, 1.807) is 31.3 Å². The van der Waals surface area contributed by atoms with Gasteiger partial charge in [-0.15, -0.1) is 0 Å². The Bertz CT molecular complexity index is 939. The quantitative estimate of drug-likeness (QED) is 0.614. The summed E-state index contributed by atoms with van der Waals surface area (Å²) in [5, 5.41) is 4.03. The molecule has 8 nitrogen and oxygen atoms in total. The van der Waals surface area contributed by atoms with Gasteiger partial charge in [-0.1, -0.05) is 12.1 Å². The summed E-state index contributed by atoms with van der Waals surface area (Å²) in [5.74, 6) is -0.496. The van der Waals surface area contributed by atoms with Gasteiger partial charge in [0.1, 0.15) is 0 Å². The Morgan fingerprint density at radius 3 is 2.67 bits per heavy atom. The summed E-state index contributed by atoms with van der Waals surface area (Å²) in [7, 11) is -3.66. The molecule has 1 saturated heterocycles. The first kappa shape index (κ1) is 19.2. The maximum absolute atomic E-state index is 12.7. The summed E-state index contributed by atoms with van der Waals surface area (Å²) in [5.41, 5.74) is 3.83. The number of rotatable bonds is 5. The van der Waals surface area contributed by atoms with Gasteiger partial charge in [-0.3, -0.25) is 9.78 Å². The van der Waals surface area contributed by atoms with E-state index < -0.39 is 15.9 Å². The highest BCUT2D eigenvalue weighted by atomic mass is 32.2. The van der Waals surface area contributed by atoms with Gasteiger partial charge >= 0.3 is 0 Å². The van der Waals surface area contributed by atoms with E-state index in [1.165, 1.54) is 22.5 Å². The molecule has 27 heavy (non-hydrogen) atoms. The molecule has 0 saturated carbocycles. The highest BCUT2D eigenvalue weighted by molar-refractivity contribution is 7.89. The summed E-state index contributed by atoms with van der Waals surface area (Å²) < 4.78 is 32.0. The molecule has 0 aliphatic carbocycles. The van der Waals surface area contributed by atoms with Crippen molar-refractivity contribution in [3.8, 4) is 0 Å². The van der Waals surface area contributed by atoms with Gasteiger partial charge in [0.25, 0.3) is 5.91 Å². The molecule has 142 valence electrons. The van der Waals surface area contributed by atoms with Crippen LogP contribution in [0.2, 0.25) is 0 Å². The fraction of sp³-hybridized carbons (Fsp3) is 0.278. The number of benzene rings is 1. The summed E-state index contributed by atoms with van der Waals surface area (Å²) >= 11 is 0. The molecule has 3 rings (SSSR count). The van der Waals surface area contributed by atoms with Crippen LogP contribution in [0.3, 0.4) is 0 Å². The lowest BCUT2D eigenvalue weighted by Crippen LogP contribution is -2.40.